The van der Waals surface area contributed by atoms with Crippen molar-refractivity contribution in [2.75, 3.05) is 6.54 Å². The van der Waals surface area contributed by atoms with Crippen molar-refractivity contribution in [3.63, 3.8) is 0 Å². The predicted octanol–water partition coefficient (Wildman–Crippen LogP) is 2.80. The standard InChI is InChI=1S/C18H20N2O2/c1-13-6-8-14(9-7-13)11-19-18(21)20-12-16-10-15-4-2-3-5-17(15)22-16/h2-9,16H,10-12H2,1H3,(H2,19,20,21)/t16-/m0/s1. The number of fused-ring (bicyclic) bond motifs is 1. The minimum atomic E-state index is -0.167. The zero-order chi connectivity index (χ0) is 15.4. The van der Waals surface area contributed by atoms with Crippen molar-refractivity contribution >= 4 is 6.03 Å². The van der Waals surface area contributed by atoms with Crippen LogP contribution in [0.5, 0.6) is 5.75 Å². The van der Waals surface area contributed by atoms with Gasteiger partial charge in [-0.3, -0.25) is 0 Å². The van der Waals surface area contributed by atoms with E-state index in [-0.39, 0.29) is 12.1 Å². The van der Waals surface area contributed by atoms with E-state index in [0.29, 0.717) is 13.1 Å². The molecular formula is C18H20N2O2. The van der Waals surface area contributed by atoms with E-state index in [1.165, 1.54) is 11.1 Å². The highest BCUT2D eigenvalue weighted by Gasteiger charge is 2.22. The van der Waals surface area contributed by atoms with Gasteiger partial charge in [-0.1, -0.05) is 48.0 Å². The number of rotatable bonds is 4. The molecule has 2 aromatic rings. The number of para-hydroxylation sites is 1. The third kappa shape index (κ3) is 3.58. The maximum Gasteiger partial charge on any atom is 0.315 e. The summed E-state index contributed by atoms with van der Waals surface area (Å²) in [5.41, 5.74) is 3.51. The van der Waals surface area contributed by atoms with Crippen LogP contribution in [0.2, 0.25) is 0 Å². The molecule has 3 rings (SSSR count). The Labute approximate surface area is 130 Å². The normalized spacial score (nSPS) is 15.8. The molecule has 0 aliphatic carbocycles. The quantitative estimate of drug-likeness (QED) is 0.911. The molecule has 1 aliphatic rings. The first-order valence-electron chi connectivity index (χ1n) is 7.52. The number of hydrogen-bond donors (Lipinski definition) is 2. The third-order valence-corrected chi connectivity index (χ3v) is 3.78. The smallest absolute Gasteiger partial charge is 0.315 e. The fourth-order valence-corrected chi connectivity index (χ4v) is 2.53. The molecular weight excluding hydrogens is 276 g/mol. The number of amides is 2. The summed E-state index contributed by atoms with van der Waals surface area (Å²) >= 11 is 0. The van der Waals surface area contributed by atoms with Crippen LogP contribution < -0.4 is 15.4 Å². The van der Waals surface area contributed by atoms with Gasteiger partial charge in [-0.2, -0.15) is 0 Å². The average Bonchev–Trinajstić information content (AvgIpc) is 2.95. The van der Waals surface area contributed by atoms with E-state index in [2.05, 4.69) is 16.7 Å². The summed E-state index contributed by atoms with van der Waals surface area (Å²) in [6.07, 6.45) is 0.858. The van der Waals surface area contributed by atoms with Crippen LogP contribution in [0.25, 0.3) is 0 Å². The van der Waals surface area contributed by atoms with E-state index >= 15 is 0 Å². The summed E-state index contributed by atoms with van der Waals surface area (Å²) in [6, 6.07) is 15.9. The van der Waals surface area contributed by atoms with Gasteiger partial charge >= 0.3 is 6.03 Å². The SMILES string of the molecule is Cc1ccc(CNC(=O)NC[C@@H]2Cc3ccccc3O2)cc1. The lowest BCUT2D eigenvalue weighted by Crippen LogP contribution is -2.40. The second-order valence-electron chi connectivity index (χ2n) is 5.60. The number of carbonyl (C=O) groups excluding carboxylic acids is 1. The first kappa shape index (κ1) is 14.4. The van der Waals surface area contributed by atoms with E-state index in [9.17, 15) is 4.79 Å². The van der Waals surface area contributed by atoms with Gasteiger partial charge in [-0.25, -0.2) is 4.79 Å². The number of ether oxygens (including phenoxy) is 1. The highest BCUT2D eigenvalue weighted by Crippen LogP contribution is 2.27. The van der Waals surface area contributed by atoms with Crippen molar-refractivity contribution in [3.8, 4) is 5.75 Å². The molecule has 0 saturated heterocycles. The molecule has 0 spiro atoms. The molecule has 0 radical (unpaired) electrons. The van der Waals surface area contributed by atoms with E-state index in [0.717, 1.165) is 17.7 Å². The van der Waals surface area contributed by atoms with Gasteiger partial charge < -0.3 is 15.4 Å². The maximum absolute atomic E-state index is 11.8. The van der Waals surface area contributed by atoms with E-state index in [4.69, 9.17) is 4.74 Å². The molecule has 0 saturated carbocycles. The van der Waals surface area contributed by atoms with Gasteiger partial charge in [0.1, 0.15) is 11.9 Å². The molecule has 0 unspecified atom stereocenters. The molecule has 1 heterocycles. The van der Waals surface area contributed by atoms with Crippen molar-refractivity contribution in [2.45, 2.75) is 26.0 Å². The van der Waals surface area contributed by atoms with Crippen LogP contribution in [-0.2, 0) is 13.0 Å². The molecule has 2 N–H and O–H groups in total. The third-order valence-electron chi connectivity index (χ3n) is 3.78. The first-order valence-corrected chi connectivity index (χ1v) is 7.52. The number of hydrogen-bond acceptors (Lipinski definition) is 2. The molecule has 4 nitrogen and oxygen atoms in total. The van der Waals surface area contributed by atoms with Gasteiger partial charge in [-0.05, 0) is 24.1 Å². The topological polar surface area (TPSA) is 50.4 Å². The van der Waals surface area contributed by atoms with Gasteiger partial charge in [0.15, 0.2) is 0 Å². The zero-order valence-corrected chi connectivity index (χ0v) is 12.6. The number of nitrogens with one attached hydrogen (secondary N) is 2. The summed E-state index contributed by atoms with van der Waals surface area (Å²) in [5, 5.41) is 5.72. The Morgan fingerprint density at radius 2 is 1.91 bits per heavy atom. The van der Waals surface area contributed by atoms with E-state index in [1.54, 1.807) is 0 Å². The van der Waals surface area contributed by atoms with Gasteiger partial charge in [0, 0.05) is 13.0 Å². The molecule has 1 atom stereocenters. The Kier molecular flexibility index (Phi) is 4.28. The second-order valence-corrected chi connectivity index (χ2v) is 5.60. The van der Waals surface area contributed by atoms with Gasteiger partial charge in [0.2, 0.25) is 0 Å². The molecule has 2 amide bonds. The first-order chi connectivity index (χ1) is 10.7. The van der Waals surface area contributed by atoms with E-state index in [1.807, 2.05) is 49.4 Å². The summed E-state index contributed by atoms with van der Waals surface area (Å²) in [6.45, 7) is 3.08. The Hall–Kier alpha value is -2.49. The van der Waals surface area contributed by atoms with Crippen LogP contribution in [0.15, 0.2) is 48.5 Å². The minimum Gasteiger partial charge on any atom is -0.488 e. The van der Waals surface area contributed by atoms with Gasteiger partial charge in [0.05, 0.1) is 6.54 Å². The van der Waals surface area contributed by atoms with Crippen molar-refractivity contribution in [1.29, 1.82) is 0 Å². The lowest BCUT2D eigenvalue weighted by atomic mass is 10.1. The second kappa shape index (κ2) is 6.52. The number of carbonyl (C=O) groups is 1. The lowest BCUT2D eigenvalue weighted by molar-refractivity contribution is 0.214. The van der Waals surface area contributed by atoms with Gasteiger partial charge in [0.25, 0.3) is 0 Å². The van der Waals surface area contributed by atoms with Crippen LogP contribution in [0, 0.1) is 6.92 Å². The molecule has 1 aliphatic heterocycles. The largest absolute Gasteiger partial charge is 0.488 e. The Morgan fingerprint density at radius 1 is 1.14 bits per heavy atom. The number of benzene rings is 2. The van der Waals surface area contributed by atoms with Crippen LogP contribution in [0.1, 0.15) is 16.7 Å². The van der Waals surface area contributed by atoms with Crippen LogP contribution >= 0.6 is 0 Å². The summed E-state index contributed by atoms with van der Waals surface area (Å²) in [7, 11) is 0. The van der Waals surface area contributed by atoms with Crippen LogP contribution in [0.3, 0.4) is 0 Å². The predicted molar refractivity (Wildman–Crippen MR) is 86.0 cm³/mol. The Bertz CT molecular complexity index is 627. The van der Waals surface area contributed by atoms with E-state index < -0.39 is 0 Å². The number of urea groups is 1. The van der Waals surface area contributed by atoms with Crippen LogP contribution in [0.4, 0.5) is 4.79 Å². The van der Waals surface area contributed by atoms with Crippen molar-refractivity contribution in [3.05, 3.63) is 65.2 Å². The summed E-state index contributed by atoms with van der Waals surface area (Å²) < 4.78 is 5.79. The highest BCUT2D eigenvalue weighted by molar-refractivity contribution is 5.73. The monoisotopic (exact) mass is 296 g/mol. The summed E-state index contributed by atoms with van der Waals surface area (Å²) in [5.74, 6) is 0.925. The fourth-order valence-electron chi connectivity index (χ4n) is 2.53. The minimum absolute atomic E-state index is 0.0162. The zero-order valence-electron chi connectivity index (χ0n) is 12.6. The highest BCUT2D eigenvalue weighted by atomic mass is 16.5. The molecule has 4 heteroatoms. The molecule has 114 valence electrons. The Morgan fingerprint density at radius 3 is 2.68 bits per heavy atom. The number of aryl methyl sites for hydroxylation is 1. The molecule has 0 fully saturated rings. The Balaban J connectivity index is 1.41. The van der Waals surface area contributed by atoms with Crippen molar-refractivity contribution in [1.82, 2.24) is 10.6 Å². The molecule has 2 aromatic carbocycles. The lowest BCUT2D eigenvalue weighted by Gasteiger charge is -2.12. The summed E-state index contributed by atoms with van der Waals surface area (Å²) in [4.78, 5) is 11.8. The van der Waals surface area contributed by atoms with Crippen molar-refractivity contribution in [2.24, 2.45) is 0 Å². The molecule has 0 bridgehead atoms. The van der Waals surface area contributed by atoms with Crippen molar-refractivity contribution < 1.29 is 9.53 Å². The van der Waals surface area contributed by atoms with Gasteiger partial charge in [-0.15, -0.1) is 0 Å². The average molecular weight is 296 g/mol. The maximum atomic E-state index is 11.8. The van der Waals surface area contributed by atoms with Crippen LogP contribution in [-0.4, -0.2) is 18.7 Å². The molecule has 22 heavy (non-hydrogen) atoms. The molecule has 0 aromatic heterocycles. The fraction of sp³-hybridized carbons (Fsp3) is 0.278.